The fraction of sp³-hybridized carbons (Fsp3) is 0.758. The first kappa shape index (κ1) is 68.7. The van der Waals surface area contributed by atoms with Crippen LogP contribution in [0.2, 0.25) is 0 Å². The highest BCUT2D eigenvalue weighted by atomic mass is 31.2. The molecule has 9 heteroatoms. The molecule has 0 saturated heterocycles. The molecule has 0 spiro atoms. The Labute approximate surface area is 439 Å². The van der Waals surface area contributed by atoms with Crippen LogP contribution in [0, 0.1) is 0 Å². The molecule has 0 saturated carbocycles. The number of nitrogens with one attached hydrogen (secondary N) is 1. The van der Waals surface area contributed by atoms with Gasteiger partial charge in [-0.3, -0.25) is 13.8 Å². The number of quaternary nitrogens is 1. The normalized spacial score (nSPS) is 14.5. The molecule has 0 rings (SSSR count). The second kappa shape index (κ2) is 52.5. The third-order valence-electron chi connectivity index (χ3n) is 12.8. The summed E-state index contributed by atoms with van der Waals surface area (Å²) in [5.74, 6) is -0.187. The number of unbranched alkanes of at least 4 members (excludes halogenated alkanes) is 28. The van der Waals surface area contributed by atoms with Gasteiger partial charge in [-0.05, 0) is 77.0 Å². The quantitative estimate of drug-likeness (QED) is 0.0243. The predicted octanol–water partition coefficient (Wildman–Crippen LogP) is 18.0. The molecule has 1 amide bonds. The van der Waals surface area contributed by atoms with Crippen LogP contribution in [0.5, 0.6) is 0 Å². The minimum Gasteiger partial charge on any atom is -0.387 e. The predicted molar refractivity (Wildman–Crippen MR) is 309 cm³/mol. The third-order valence-corrected chi connectivity index (χ3v) is 13.8. The van der Waals surface area contributed by atoms with Gasteiger partial charge in [-0.25, -0.2) is 4.57 Å². The van der Waals surface area contributed by atoms with E-state index in [9.17, 15) is 19.4 Å². The number of amides is 1. The highest BCUT2D eigenvalue weighted by Crippen LogP contribution is 2.43. The average Bonchev–Trinajstić information content (AvgIpc) is 3.33. The maximum absolute atomic E-state index is 13.0. The Bertz CT molecular complexity index is 1430. The molecular weight excluding hydrogens is 900 g/mol. The Morgan fingerprint density at radius 3 is 1.30 bits per heavy atom. The van der Waals surface area contributed by atoms with Gasteiger partial charge in [0.15, 0.2) is 0 Å². The zero-order chi connectivity index (χ0) is 52.0. The van der Waals surface area contributed by atoms with Crippen LogP contribution in [0.1, 0.15) is 251 Å². The van der Waals surface area contributed by atoms with Gasteiger partial charge in [0, 0.05) is 6.42 Å². The van der Waals surface area contributed by atoms with Gasteiger partial charge in [-0.2, -0.15) is 0 Å². The maximum Gasteiger partial charge on any atom is 0.472 e. The Morgan fingerprint density at radius 2 is 0.859 bits per heavy atom. The summed E-state index contributed by atoms with van der Waals surface area (Å²) in [5.41, 5.74) is 0. The molecule has 0 aliphatic rings. The van der Waals surface area contributed by atoms with Crippen molar-refractivity contribution in [3.05, 3.63) is 85.1 Å². The molecule has 0 aromatic rings. The van der Waals surface area contributed by atoms with Crippen LogP contribution < -0.4 is 5.32 Å². The van der Waals surface area contributed by atoms with Gasteiger partial charge in [-0.15, -0.1) is 0 Å². The number of rotatable bonds is 53. The molecule has 0 aliphatic carbocycles. The number of carbonyl (C=O) groups excluding carboxylic acids is 1. The molecule has 8 nitrogen and oxygen atoms in total. The van der Waals surface area contributed by atoms with E-state index in [-0.39, 0.29) is 19.1 Å². The van der Waals surface area contributed by atoms with E-state index in [1.165, 1.54) is 161 Å². The molecule has 0 aromatic heterocycles. The van der Waals surface area contributed by atoms with Gasteiger partial charge < -0.3 is 19.8 Å². The van der Waals surface area contributed by atoms with Gasteiger partial charge in [0.1, 0.15) is 13.2 Å². The number of hydrogen-bond donors (Lipinski definition) is 3. The number of phosphoric acid groups is 1. The van der Waals surface area contributed by atoms with Crippen LogP contribution in [0.15, 0.2) is 85.1 Å². The van der Waals surface area contributed by atoms with Crippen LogP contribution in [-0.4, -0.2) is 73.4 Å². The lowest BCUT2D eigenvalue weighted by atomic mass is 10.0. The van der Waals surface area contributed by atoms with E-state index in [1.807, 2.05) is 27.2 Å². The number of aliphatic hydroxyl groups is 1. The Kier molecular flexibility index (Phi) is 50.8. The lowest BCUT2D eigenvalue weighted by Gasteiger charge is -2.25. The molecular formula is C62H114N2O6P+. The van der Waals surface area contributed by atoms with E-state index in [2.05, 4.69) is 92.1 Å². The number of aliphatic hydroxyl groups excluding tert-OH is 1. The van der Waals surface area contributed by atoms with Crippen molar-refractivity contribution < 1.29 is 32.9 Å². The molecule has 0 bridgehead atoms. The summed E-state index contributed by atoms with van der Waals surface area (Å²) >= 11 is 0. The fourth-order valence-electron chi connectivity index (χ4n) is 8.26. The van der Waals surface area contributed by atoms with Crippen molar-refractivity contribution in [3.63, 3.8) is 0 Å². The summed E-state index contributed by atoms with van der Waals surface area (Å²) in [5, 5.41) is 13.9. The van der Waals surface area contributed by atoms with E-state index in [4.69, 9.17) is 9.05 Å². The largest absolute Gasteiger partial charge is 0.472 e. The van der Waals surface area contributed by atoms with Crippen molar-refractivity contribution in [3.8, 4) is 0 Å². The summed E-state index contributed by atoms with van der Waals surface area (Å²) in [4.78, 5) is 23.3. The lowest BCUT2D eigenvalue weighted by molar-refractivity contribution is -0.870. The van der Waals surface area contributed by atoms with Crippen molar-refractivity contribution in [2.75, 3.05) is 40.9 Å². The standard InChI is InChI=1S/C62H113N2O6P/c1-6-8-10-12-14-16-18-20-22-23-24-25-26-27-28-29-30-31-32-33-34-35-36-37-38-39-40-41-42-44-46-48-50-52-54-56-62(66)63-60(59-70-71(67,68)69-58-57-64(3,4)5)61(65)55-53-51-49-47-45-43-21-19-17-15-13-11-9-7-2/h8,10,14,16,20,22,24-25,27-28,45,47,53,55,60-61,65H,6-7,9,11-13,15,17-19,21,23,26,29-44,46,48-52,54,56-59H2,1-5H3,(H-,63,66,67,68)/p+1/b10-8-,16-14-,22-20-,25-24-,28-27-,47-45+,55-53+. The molecule has 3 N–H and O–H groups in total. The summed E-state index contributed by atoms with van der Waals surface area (Å²) in [7, 11) is 1.55. The summed E-state index contributed by atoms with van der Waals surface area (Å²) < 4.78 is 23.7. The van der Waals surface area contributed by atoms with Crippen LogP contribution in [0.3, 0.4) is 0 Å². The number of phosphoric ester groups is 1. The highest BCUT2D eigenvalue weighted by Gasteiger charge is 2.27. The summed E-state index contributed by atoms with van der Waals surface area (Å²) in [6, 6.07) is -0.865. The summed E-state index contributed by atoms with van der Waals surface area (Å²) in [6.07, 6.45) is 74.2. The zero-order valence-corrected chi connectivity index (χ0v) is 47.8. The van der Waals surface area contributed by atoms with Crippen molar-refractivity contribution in [2.24, 2.45) is 0 Å². The minimum absolute atomic E-state index is 0.0547. The topological polar surface area (TPSA) is 105 Å². The van der Waals surface area contributed by atoms with E-state index in [0.717, 1.165) is 70.6 Å². The number of nitrogens with zero attached hydrogens (tertiary/aromatic N) is 1. The van der Waals surface area contributed by atoms with Gasteiger partial charge in [0.2, 0.25) is 5.91 Å². The van der Waals surface area contributed by atoms with E-state index in [0.29, 0.717) is 17.4 Å². The van der Waals surface area contributed by atoms with Gasteiger partial charge in [0.25, 0.3) is 0 Å². The smallest absolute Gasteiger partial charge is 0.387 e. The van der Waals surface area contributed by atoms with E-state index >= 15 is 0 Å². The molecule has 0 aromatic carbocycles. The lowest BCUT2D eigenvalue weighted by Crippen LogP contribution is -2.45. The molecule has 0 aliphatic heterocycles. The average molecular weight is 1010 g/mol. The van der Waals surface area contributed by atoms with E-state index in [1.54, 1.807) is 6.08 Å². The van der Waals surface area contributed by atoms with Crippen LogP contribution in [0.4, 0.5) is 0 Å². The SMILES string of the molecule is CC/C=C\C/C=C\C/C=C\C/C=C\C/C=C\CCCCCCCCCCCCCCCCCCCCCC(=O)NC(COP(=O)(O)OCC[N+](C)(C)C)C(O)/C=C/CC/C=C/CCCCCCCCCC. The van der Waals surface area contributed by atoms with Crippen LogP contribution >= 0.6 is 7.82 Å². The Morgan fingerprint density at radius 1 is 0.493 bits per heavy atom. The zero-order valence-electron chi connectivity index (χ0n) is 46.9. The van der Waals surface area contributed by atoms with E-state index < -0.39 is 20.0 Å². The second-order valence-electron chi connectivity index (χ2n) is 21.0. The highest BCUT2D eigenvalue weighted by molar-refractivity contribution is 7.47. The molecule has 0 heterocycles. The molecule has 71 heavy (non-hydrogen) atoms. The van der Waals surface area contributed by atoms with Crippen molar-refractivity contribution >= 4 is 13.7 Å². The first-order chi connectivity index (χ1) is 34.5. The van der Waals surface area contributed by atoms with Crippen LogP contribution in [-0.2, 0) is 18.4 Å². The minimum atomic E-state index is -4.35. The Balaban J connectivity index is 4.03. The van der Waals surface area contributed by atoms with Crippen molar-refractivity contribution in [1.29, 1.82) is 0 Å². The van der Waals surface area contributed by atoms with Gasteiger partial charge in [-0.1, -0.05) is 253 Å². The first-order valence-electron chi connectivity index (χ1n) is 29.5. The fourth-order valence-corrected chi connectivity index (χ4v) is 9.00. The summed E-state index contributed by atoms with van der Waals surface area (Å²) in [6.45, 7) is 4.68. The Hall–Kier alpha value is -2.32. The number of carbonyl (C=O) groups is 1. The number of hydrogen-bond acceptors (Lipinski definition) is 5. The van der Waals surface area contributed by atoms with Crippen molar-refractivity contribution in [2.45, 2.75) is 264 Å². The molecule has 3 atom stereocenters. The third kappa shape index (κ3) is 55.3. The van der Waals surface area contributed by atoms with Crippen molar-refractivity contribution in [1.82, 2.24) is 5.32 Å². The molecule has 412 valence electrons. The first-order valence-corrected chi connectivity index (χ1v) is 31.0. The monoisotopic (exact) mass is 1010 g/mol. The second-order valence-corrected chi connectivity index (χ2v) is 22.4. The molecule has 3 unspecified atom stereocenters. The number of likely N-dealkylation sites (N-methyl/N-ethyl adjacent to an activating group) is 1. The van der Waals surface area contributed by atoms with Crippen LogP contribution in [0.25, 0.3) is 0 Å². The molecule has 0 radical (unpaired) electrons. The molecule has 0 fully saturated rings. The van der Waals surface area contributed by atoms with Gasteiger partial charge >= 0.3 is 7.82 Å². The van der Waals surface area contributed by atoms with Gasteiger partial charge in [0.05, 0.1) is 39.9 Å². The maximum atomic E-state index is 13.0. The number of allylic oxidation sites excluding steroid dienone is 13.